The van der Waals surface area contributed by atoms with Gasteiger partial charge in [0.2, 0.25) is 0 Å². The highest BCUT2D eigenvalue weighted by Gasteiger charge is 2.39. The van der Waals surface area contributed by atoms with Gasteiger partial charge in [0.25, 0.3) is 0 Å². The molecule has 0 saturated heterocycles. The molecule has 0 bridgehead atoms. The van der Waals surface area contributed by atoms with Crippen LogP contribution in [0.1, 0.15) is 12.5 Å². The standard InChI is InChI=1S/C11H8F5NO/c1-2-3-6-17-18-11(15,16)7-4-5-8(12)10(14)9(7)13/h2-6H,1H3/b3-2+,17-6+. The zero-order chi connectivity index (χ0) is 13.8. The zero-order valence-corrected chi connectivity index (χ0v) is 9.13. The third-order valence-corrected chi connectivity index (χ3v) is 1.86. The highest BCUT2D eigenvalue weighted by atomic mass is 19.3. The first-order valence-electron chi connectivity index (χ1n) is 4.74. The summed E-state index contributed by atoms with van der Waals surface area (Å²) in [6.45, 7) is 1.61. The highest BCUT2D eigenvalue weighted by Crippen LogP contribution is 2.32. The molecule has 1 aromatic carbocycles. The van der Waals surface area contributed by atoms with Crippen molar-refractivity contribution >= 4 is 6.21 Å². The molecule has 0 fully saturated rings. The second-order valence-electron chi connectivity index (χ2n) is 3.11. The van der Waals surface area contributed by atoms with E-state index in [1.165, 1.54) is 12.2 Å². The molecule has 7 heteroatoms. The number of alkyl halides is 2. The van der Waals surface area contributed by atoms with Crippen LogP contribution in [0.5, 0.6) is 0 Å². The largest absolute Gasteiger partial charge is 0.449 e. The lowest BCUT2D eigenvalue weighted by molar-refractivity contribution is -0.250. The Morgan fingerprint density at radius 2 is 1.83 bits per heavy atom. The summed E-state index contributed by atoms with van der Waals surface area (Å²) in [6.07, 6.45) is -0.525. The van der Waals surface area contributed by atoms with Crippen molar-refractivity contribution in [1.82, 2.24) is 0 Å². The van der Waals surface area contributed by atoms with E-state index in [-0.39, 0.29) is 0 Å². The SMILES string of the molecule is C/C=C/C=N/OC(F)(F)c1ccc(F)c(F)c1F. The van der Waals surface area contributed by atoms with Gasteiger partial charge in [0.1, 0.15) is 5.56 Å². The summed E-state index contributed by atoms with van der Waals surface area (Å²) in [5, 5.41) is 2.86. The molecule has 0 unspecified atom stereocenters. The molecular weight excluding hydrogens is 257 g/mol. The number of nitrogens with zero attached hydrogens (tertiary/aromatic N) is 1. The maximum Gasteiger partial charge on any atom is 0.449 e. The van der Waals surface area contributed by atoms with Crippen molar-refractivity contribution in [3.05, 3.63) is 47.3 Å². The van der Waals surface area contributed by atoms with E-state index in [4.69, 9.17) is 0 Å². The molecule has 98 valence electrons. The summed E-state index contributed by atoms with van der Waals surface area (Å²) in [4.78, 5) is 3.75. The number of halogens is 5. The first-order valence-corrected chi connectivity index (χ1v) is 4.74. The molecule has 0 aliphatic rings. The minimum atomic E-state index is -4.20. The lowest BCUT2D eigenvalue weighted by Crippen LogP contribution is -2.18. The molecule has 0 aliphatic carbocycles. The van der Waals surface area contributed by atoms with Gasteiger partial charge in [-0.25, -0.2) is 13.2 Å². The summed E-state index contributed by atoms with van der Waals surface area (Å²) >= 11 is 0. The zero-order valence-electron chi connectivity index (χ0n) is 9.13. The Bertz CT molecular complexity index is 485. The van der Waals surface area contributed by atoms with Crippen LogP contribution in [-0.2, 0) is 10.9 Å². The first kappa shape index (κ1) is 14.1. The van der Waals surface area contributed by atoms with Gasteiger partial charge >= 0.3 is 6.11 Å². The van der Waals surface area contributed by atoms with Gasteiger partial charge in [-0.15, -0.1) is 0 Å². The van der Waals surface area contributed by atoms with Gasteiger partial charge in [-0.3, -0.25) is 0 Å². The van der Waals surface area contributed by atoms with Gasteiger partial charge in [-0.1, -0.05) is 11.2 Å². The van der Waals surface area contributed by atoms with Gasteiger partial charge in [0.05, 0.1) is 6.21 Å². The van der Waals surface area contributed by atoms with Crippen LogP contribution >= 0.6 is 0 Å². The van der Waals surface area contributed by atoms with Crippen molar-refractivity contribution < 1.29 is 26.8 Å². The van der Waals surface area contributed by atoms with E-state index >= 15 is 0 Å². The van der Waals surface area contributed by atoms with Gasteiger partial charge in [-0.2, -0.15) is 8.78 Å². The van der Waals surface area contributed by atoms with Crippen LogP contribution in [0, 0.1) is 17.5 Å². The van der Waals surface area contributed by atoms with E-state index in [1.54, 1.807) is 6.92 Å². The number of hydrogen-bond acceptors (Lipinski definition) is 2. The van der Waals surface area contributed by atoms with E-state index in [9.17, 15) is 22.0 Å². The second-order valence-corrected chi connectivity index (χ2v) is 3.11. The van der Waals surface area contributed by atoms with Crippen molar-refractivity contribution in [2.45, 2.75) is 13.0 Å². The lowest BCUT2D eigenvalue weighted by atomic mass is 10.2. The normalized spacial score (nSPS) is 12.6. The molecule has 0 atom stereocenters. The Morgan fingerprint density at radius 3 is 2.44 bits per heavy atom. The fourth-order valence-corrected chi connectivity index (χ4v) is 1.02. The van der Waals surface area contributed by atoms with Crippen molar-refractivity contribution in [1.29, 1.82) is 0 Å². The summed E-state index contributed by atoms with van der Waals surface area (Å²) in [5.41, 5.74) is -1.43. The molecule has 0 heterocycles. The van der Waals surface area contributed by atoms with Crippen LogP contribution < -0.4 is 0 Å². The molecular formula is C11H8F5NO. The Morgan fingerprint density at radius 1 is 1.17 bits per heavy atom. The minimum Gasteiger partial charge on any atom is -0.318 e. The highest BCUT2D eigenvalue weighted by molar-refractivity contribution is 5.70. The molecule has 0 aliphatic heterocycles. The Hall–Kier alpha value is -1.92. The van der Waals surface area contributed by atoms with Gasteiger partial charge in [0.15, 0.2) is 17.5 Å². The molecule has 0 radical (unpaired) electrons. The summed E-state index contributed by atoms with van der Waals surface area (Å²) in [7, 11) is 0. The maximum absolute atomic E-state index is 13.3. The first-order chi connectivity index (χ1) is 8.40. The fourth-order valence-electron chi connectivity index (χ4n) is 1.02. The molecule has 2 nitrogen and oxygen atoms in total. The molecule has 0 saturated carbocycles. The van der Waals surface area contributed by atoms with Crippen molar-refractivity contribution in [2.24, 2.45) is 5.16 Å². The van der Waals surface area contributed by atoms with Crippen LogP contribution in [0.4, 0.5) is 22.0 Å². The van der Waals surface area contributed by atoms with Crippen LogP contribution in [-0.4, -0.2) is 6.21 Å². The van der Waals surface area contributed by atoms with Gasteiger partial charge in [-0.05, 0) is 25.1 Å². The van der Waals surface area contributed by atoms with E-state index < -0.39 is 29.1 Å². The number of oxime groups is 1. The average Bonchev–Trinajstić information content (AvgIpc) is 2.31. The van der Waals surface area contributed by atoms with Crippen molar-refractivity contribution in [2.75, 3.05) is 0 Å². The summed E-state index contributed by atoms with van der Waals surface area (Å²) < 4.78 is 65.0. The van der Waals surface area contributed by atoms with E-state index in [0.29, 0.717) is 12.1 Å². The number of allylic oxidation sites excluding steroid dienone is 2. The second kappa shape index (κ2) is 5.61. The Labute approximate surface area is 99.4 Å². The minimum absolute atomic E-state index is 0.376. The van der Waals surface area contributed by atoms with Crippen LogP contribution in [0.15, 0.2) is 29.4 Å². The molecule has 0 aromatic heterocycles. The summed E-state index contributed by atoms with van der Waals surface area (Å²) in [6, 6.07) is 0.763. The quantitative estimate of drug-likeness (QED) is 0.352. The fraction of sp³-hybridized carbons (Fsp3) is 0.182. The van der Waals surface area contributed by atoms with Gasteiger partial charge in [0, 0.05) is 0 Å². The number of hydrogen-bond donors (Lipinski definition) is 0. The Balaban J connectivity index is 3.01. The van der Waals surface area contributed by atoms with Crippen molar-refractivity contribution in [3.63, 3.8) is 0 Å². The van der Waals surface area contributed by atoms with E-state index in [1.807, 2.05) is 0 Å². The van der Waals surface area contributed by atoms with E-state index in [0.717, 1.165) is 6.21 Å². The molecule has 18 heavy (non-hydrogen) atoms. The van der Waals surface area contributed by atoms with Crippen LogP contribution in [0.25, 0.3) is 0 Å². The van der Waals surface area contributed by atoms with E-state index in [2.05, 4.69) is 9.99 Å². The van der Waals surface area contributed by atoms with Crippen LogP contribution in [0.2, 0.25) is 0 Å². The Kier molecular flexibility index (Phi) is 4.41. The smallest absolute Gasteiger partial charge is 0.318 e. The monoisotopic (exact) mass is 265 g/mol. The third-order valence-electron chi connectivity index (χ3n) is 1.86. The lowest BCUT2D eigenvalue weighted by Gasteiger charge is -2.14. The number of benzene rings is 1. The molecule has 0 spiro atoms. The molecule has 0 N–H and O–H groups in total. The van der Waals surface area contributed by atoms with Gasteiger partial charge < -0.3 is 4.84 Å². The third kappa shape index (κ3) is 3.06. The topological polar surface area (TPSA) is 21.6 Å². The summed E-state index contributed by atoms with van der Waals surface area (Å²) in [5.74, 6) is -5.57. The van der Waals surface area contributed by atoms with Crippen molar-refractivity contribution in [3.8, 4) is 0 Å². The maximum atomic E-state index is 13.3. The average molecular weight is 265 g/mol. The predicted molar refractivity (Wildman–Crippen MR) is 54.6 cm³/mol. The predicted octanol–water partition coefficient (Wildman–Crippen LogP) is 3.73. The van der Waals surface area contributed by atoms with Crippen LogP contribution in [0.3, 0.4) is 0 Å². The molecule has 1 rings (SSSR count). The molecule has 0 amide bonds. The number of rotatable bonds is 4. The molecule has 1 aromatic rings.